The van der Waals surface area contributed by atoms with E-state index in [4.69, 9.17) is 5.26 Å². The van der Waals surface area contributed by atoms with Crippen LogP contribution in [0.5, 0.6) is 0 Å². The Hall–Kier alpha value is -2.16. The van der Waals surface area contributed by atoms with Crippen LogP contribution in [-0.4, -0.2) is 12.7 Å². The van der Waals surface area contributed by atoms with Crippen molar-refractivity contribution in [3.8, 4) is 6.07 Å². The summed E-state index contributed by atoms with van der Waals surface area (Å²) in [5.41, 5.74) is 2.91. The molecule has 3 rings (SSSR count). The van der Waals surface area contributed by atoms with Crippen molar-refractivity contribution in [3.63, 3.8) is 0 Å². The van der Waals surface area contributed by atoms with Crippen LogP contribution in [0.4, 0.5) is 0 Å². The Bertz CT molecular complexity index is 836. The largest absolute Gasteiger partial charge is 0.243 e. The highest BCUT2D eigenvalue weighted by atomic mass is 32.2. The summed E-state index contributed by atoms with van der Waals surface area (Å²) < 4.78 is 27.3. The van der Waals surface area contributed by atoms with E-state index in [1.807, 2.05) is 31.2 Å². The van der Waals surface area contributed by atoms with Gasteiger partial charge in [-0.05, 0) is 30.2 Å². The predicted octanol–water partition coefficient (Wildman–Crippen LogP) is 3.15. The molecule has 22 heavy (non-hydrogen) atoms. The third-order valence-electron chi connectivity index (χ3n) is 4.00. The van der Waals surface area contributed by atoms with E-state index >= 15 is 0 Å². The Morgan fingerprint density at radius 2 is 1.86 bits per heavy atom. The molecule has 0 aliphatic carbocycles. The average molecular weight is 312 g/mol. The lowest BCUT2D eigenvalue weighted by Gasteiger charge is -2.22. The van der Waals surface area contributed by atoms with Crippen LogP contribution in [0.25, 0.3) is 0 Å². The second-order valence-corrected chi connectivity index (χ2v) is 7.33. The molecule has 1 aliphatic heterocycles. The fraction of sp³-hybridized carbons (Fsp3) is 0.235. The van der Waals surface area contributed by atoms with Gasteiger partial charge in [-0.3, -0.25) is 0 Å². The Balaban J connectivity index is 2.04. The van der Waals surface area contributed by atoms with Gasteiger partial charge in [0.1, 0.15) is 0 Å². The monoisotopic (exact) mass is 312 g/mol. The third-order valence-corrected chi connectivity index (χ3v) is 5.87. The highest BCUT2D eigenvalue weighted by Crippen LogP contribution is 2.39. The molecule has 1 atom stereocenters. The second kappa shape index (κ2) is 5.56. The zero-order chi connectivity index (χ0) is 15.7. The molecular formula is C17H16N2O2S. The highest BCUT2D eigenvalue weighted by molar-refractivity contribution is 7.89. The first-order chi connectivity index (χ1) is 10.5. The van der Waals surface area contributed by atoms with Crippen molar-refractivity contribution >= 4 is 10.0 Å². The molecule has 0 aromatic heterocycles. The Kier molecular flexibility index (Phi) is 3.73. The SMILES string of the molecule is Cc1ccc(S(=O)(=O)N2Cc3ccccc3C2CC#N)cc1. The van der Waals surface area contributed by atoms with Gasteiger partial charge in [0.05, 0.1) is 23.4 Å². The molecule has 1 aliphatic rings. The van der Waals surface area contributed by atoms with E-state index in [1.165, 1.54) is 4.31 Å². The highest BCUT2D eigenvalue weighted by Gasteiger charge is 2.38. The fourth-order valence-electron chi connectivity index (χ4n) is 2.83. The molecule has 0 bridgehead atoms. The molecule has 0 amide bonds. The zero-order valence-electron chi connectivity index (χ0n) is 12.2. The molecule has 0 spiro atoms. The van der Waals surface area contributed by atoms with E-state index < -0.39 is 16.1 Å². The van der Waals surface area contributed by atoms with E-state index in [0.717, 1.165) is 16.7 Å². The lowest BCUT2D eigenvalue weighted by molar-refractivity contribution is 0.354. The normalized spacial score (nSPS) is 17.9. The summed E-state index contributed by atoms with van der Waals surface area (Å²) in [6, 6.07) is 16.1. The lowest BCUT2D eigenvalue weighted by atomic mass is 10.0. The first kappa shape index (κ1) is 14.8. The van der Waals surface area contributed by atoms with Crippen molar-refractivity contribution in [2.75, 3.05) is 0 Å². The van der Waals surface area contributed by atoms with Crippen molar-refractivity contribution in [2.45, 2.75) is 30.8 Å². The summed E-state index contributed by atoms with van der Waals surface area (Å²) in [6.45, 7) is 2.24. The van der Waals surface area contributed by atoms with Gasteiger partial charge in [-0.25, -0.2) is 8.42 Å². The Morgan fingerprint density at radius 3 is 2.55 bits per heavy atom. The second-order valence-electron chi connectivity index (χ2n) is 5.44. The summed E-state index contributed by atoms with van der Waals surface area (Å²) in [6.07, 6.45) is 0.155. The van der Waals surface area contributed by atoms with Gasteiger partial charge in [0, 0.05) is 6.54 Å². The molecule has 1 unspecified atom stereocenters. The van der Waals surface area contributed by atoms with Gasteiger partial charge in [-0.2, -0.15) is 9.57 Å². The number of aryl methyl sites for hydroxylation is 1. The number of fused-ring (bicyclic) bond motifs is 1. The van der Waals surface area contributed by atoms with E-state index in [1.54, 1.807) is 24.3 Å². The molecule has 0 radical (unpaired) electrons. The van der Waals surface area contributed by atoms with Crippen molar-refractivity contribution in [1.82, 2.24) is 4.31 Å². The van der Waals surface area contributed by atoms with Gasteiger partial charge in [-0.1, -0.05) is 42.0 Å². The first-order valence-electron chi connectivity index (χ1n) is 7.07. The van der Waals surface area contributed by atoms with Crippen molar-refractivity contribution < 1.29 is 8.42 Å². The zero-order valence-corrected chi connectivity index (χ0v) is 13.0. The van der Waals surface area contributed by atoms with Crippen molar-refractivity contribution in [1.29, 1.82) is 5.26 Å². The van der Waals surface area contributed by atoms with E-state index in [-0.39, 0.29) is 11.3 Å². The third kappa shape index (κ3) is 2.41. The summed E-state index contributed by atoms with van der Waals surface area (Å²) >= 11 is 0. The number of sulfonamides is 1. The topological polar surface area (TPSA) is 61.2 Å². The summed E-state index contributed by atoms with van der Waals surface area (Å²) in [5, 5.41) is 9.07. The Morgan fingerprint density at radius 1 is 1.18 bits per heavy atom. The summed E-state index contributed by atoms with van der Waals surface area (Å²) in [4.78, 5) is 0.272. The van der Waals surface area contributed by atoms with Crippen molar-refractivity contribution in [3.05, 3.63) is 65.2 Å². The van der Waals surface area contributed by atoms with E-state index in [2.05, 4.69) is 6.07 Å². The number of benzene rings is 2. The molecule has 0 N–H and O–H groups in total. The van der Waals surface area contributed by atoms with Gasteiger partial charge in [0.25, 0.3) is 0 Å². The molecular weight excluding hydrogens is 296 g/mol. The van der Waals surface area contributed by atoms with Crippen LogP contribution in [0.2, 0.25) is 0 Å². The van der Waals surface area contributed by atoms with Crippen LogP contribution < -0.4 is 0 Å². The van der Waals surface area contributed by atoms with E-state index in [9.17, 15) is 8.42 Å². The van der Waals surface area contributed by atoms with Gasteiger partial charge in [0.2, 0.25) is 10.0 Å². The van der Waals surface area contributed by atoms with Gasteiger partial charge >= 0.3 is 0 Å². The minimum Gasteiger partial charge on any atom is -0.207 e. The number of nitrogens with zero attached hydrogens (tertiary/aromatic N) is 2. The smallest absolute Gasteiger partial charge is 0.207 e. The summed E-state index contributed by atoms with van der Waals surface area (Å²) in [7, 11) is -3.61. The average Bonchev–Trinajstić information content (AvgIpc) is 2.88. The van der Waals surface area contributed by atoms with Crippen LogP contribution in [-0.2, 0) is 16.6 Å². The molecule has 4 nitrogen and oxygen atoms in total. The summed E-state index contributed by atoms with van der Waals surface area (Å²) in [5.74, 6) is 0. The maximum Gasteiger partial charge on any atom is 0.243 e. The van der Waals surface area contributed by atoms with Crippen LogP contribution in [0.1, 0.15) is 29.2 Å². The predicted molar refractivity (Wildman–Crippen MR) is 83.3 cm³/mol. The molecule has 112 valence electrons. The molecule has 5 heteroatoms. The maximum atomic E-state index is 12.9. The molecule has 0 saturated carbocycles. The molecule has 0 fully saturated rings. The molecule has 2 aromatic carbocycles. The van der Waals surface area contributed by atoms with Crippen LogP contribution in [0.3, 0.4) is 0 Å². The van der Waals surface area contributed by atoms with E-state index in [0.29, 0.717) is 6.54 Å². The number of nitriles is 1. The van der Waals surface area contributed by atoms with Gasteiger partial charge in [0.15, 0.2) is 0 Å². The molecule has 2 aromatic rings. The van der Waals surface area contributed by atoms with Crippen LogP contribution >= 0.6 is 0 Å². The fourth-order valence-corrected chi connectivity index (χ4v) is 4.42. The minimum absolute atomic E-state index is 0.155. The lowest BCUT2D eigenvalue weighted by Crippen LogP contribution is -2.29. The van der Waals surface area contributed by atoms with Gasteiger partial charge < -0.3 is 0 Å². The number of hydrogen-bond donors (Lipinski definition) is 0. The minimum atomic E-state index is -3.61. The quantitative estimate of drug-likeness (QED) is 0.874. The molecule has 1 heterocycles. The molecule has 0 saturated heterocycles. The number of rotatable bonds is 3. The maximum absolute atomic E-state index is 12.9. The van der Waals surface area contributed by atoms with Gasteiger partial charge in [-0.15, -0.1) is 0 Å². The van der Waals surface area contributed by atoms with Crippen LogP contribution in [0, 0.1) is 18.3 Å². The van der Waals surface area contributed by atoms with Crippen LogP contribution in [0.15, 0.2) is 53.4 Å². The Labute approximate surface area is 130 Å². The number of hydrogen-bond acceptors (Lipinski definition) is 3. The van der Waals surface area contributed by atoms with Crippen molar-refractivity contribution in [2.24, 2.45) is 0 Å². The standard InChI is InChI=1S/C17H16N2O2S/c1-13-6-8-15(9-7-13)22(20,21)19-12-14-4-2-3-5-16(14)17(19)10-11-18/h2-9,17H,10,12H2,1H3. The first-order valence-corrected chi connectivity index (χ1v) is 8.51.